The summed E-state index contributed by atoms with van der Waals surface area (Å²) in [7, 11) is 0. The third-order valence-corrected chi connectivity index (χ3v) is 21.2. The number of carbonyl (C=O) groups is 13. The Balaban J connectivity index is 1.70. The zero-order valence-corrected chi connectivity index (χ0v) is 71.5. The van der Waals surface area contributed by atoms with Crippen molar-refractivity contribution in [1.29, 1.82) is 0 Å². The van der Waals surface area contributed by atoms with Crippen LogP contribution in [0.3, 0.4) is 0 Å². The third-order valence-electron chi connectivity index (χ3n) is 21.2. The van der Waals surface area contributed by atoms with Crippen molar-refractivity contribution in [3.63, 3.8) is 0 Å². The minimum atomic E-state index is -1.13. The second kappa shape index (κ2) is 61.1. The standard InChI is InChI=1S/C80H152N22O13/c1-11-82-41-23-17-35-63(94-59(10)103)75(110)91-56(7)72(107)97-67(39-21-27-45-86-15-5)79(114)101-48-30-33-61(101)51-89-54-70(105)96-65(37-19-25-43-84-13-3)77(112)93-58(9)74(109)99-68(40-22-28-46-87-16-6)80(115)102-49-31-34-62(102)52-90-55-71(106)95-64(36-18-24-42-83-12-2)76(111)92-57(8)73(108)98-66(38-20-26-44-85-14-4)78(113)100-47-29-32-60(100)50-88-53-69(81)104/h56-58,60-68,82-90H,11-55H2,1-10H3,(H2,81,104)(H,91,110)(H,92,111)(H,93,112)(H,94,103)(H,95,106)(H,96,105)(H,97,107)(H,98,108)(H,99,109). The monoisotopic (exact) mass is 1630 g/mol. The van der Waals surface area contributed by atoms with Crippen LogP contribution in [0.1, 0.15) is 223 Å². The lowest BCUT2D eigenvalue weighted by molar-refractivity contribution is -0.138. The number of nitrogens with two attached hydrogens (primary N) is 1. The zero-order chi connectivity index (χ0) is 84.7. The topological polar surface area (TPSA) is 474 Å². The first-order valence-electron chi connectivity index (χ1n) is 43.6. The van der Waals surface area contributed by atoms with Gasteiger partial charge in [-0.1, -0.05) is 41.5 Å². The van der Waals surface area contributed by atoms with Crippen LogP contribution in [-0.2, 0) is 62.3 Å². The molecule has 3 fully saturated rings. The van der Waals surface area contributed by atoms with Gasteiger partial charge in [0.05, 0.1) is 19.6 Å². The largest absolute Gasteiger partial charge is 0.369 e. The van der Waals surface area contributed by atoms with Gasteiger partial charge in [0.2, 0.25) is 76.8 Å². The van der Waals surface area contributed by atoms with Crippen molar-refractivity contribution in [2.75, 3.05) is 137 Å². The molecule has 660 valence electrons. The molecule has 35 nitrogen and oxygen atoms in total. The molecule has 3 aliphatic rings. The molecule has 115 heavy (non-hydrogen) atoms. The Bertz CT molecular complexity index is 2890. The highest BCUT2D eigenvalue weighted by Crippen LogP contribution is 2.23. The molecule has 3 saturated heterocycles. The highest BCUT2D eigenvalue weighted by molar-refractivity contribution is 5.97. The quantitative estimate of drug-likeness (QED) is 0.0303. The van der Waals surface area contributed by atoms with E-state index in [1.807, 2.05) is 41.5 Å². The maximum absolute atomic E-state index is 14.8. The van der Waals surface area contributed by atoms with E-state index in [2.05, 4.69) is 95.7 Å². The van der Waals surface area contributed by atoms with Crippen LogP contribution in [0.15, 0.2) is 0 Å². The molecule has 0 saturated carbocycles. The van der Waals surface area contributed by atoms with Gasteiger partial charge in [-0.15, -0.1) is 0 Å². The van der Waals surface area contributed by atoms with Crippen molar-refractivity contribution in [2.24, 2.45) is 5.73 Å². The van der Waals surface area contributed by atoms with Crippen LogP contribution in [0.2, 0.25) is 0 Å². The first-order valence-corrected chi connectivity index (χ1v) is 43.6. The Hall–Kier alpha value is -7.25. The number of hydrogen-bond acceptors (Lipinski definition) is 22. The van der Waals surface area contributed by atoms with E-state index in [4.69, 9.17) is 5.73 Å². The first-order chi connectivity index (χ1) is 55.3. The summed E-state index contributed by atoms with van der Waals surface area (Å²) in [6.45, 7) is 28.7. The number of rotatable bonds is 66. The molecule has 12 atom stereocenters. The van der Waals surface area contributed by atoms with Crippen LogP contribution in [0.25, 0.3) is 0 Å². The van der Waals surface area contributed by atoms with Crippen molar-refractivity contribution in [1.82, 2.24) is 110 Å². The van der Waals surface area contributed by atoms with Gasteiger partial charge < -0.3 is 116 Å². The number of unbranched alkanes of at least 4 members (excludes halogenated alkanes) is 6. The fourth-order valence-electron chi connectivity index (χ4n) is 14.7. The first kappa shape index (κ1) is 102. The average molecular weight is 1630 g/mol. The van der Waals surface area contributed by atoms with Gasteiger partial charge in [-0.2, -0.15) is 0 Å². The van der Waals surface area contributed by atoms with E-state index >= 15 is 0 Å². The maximum Gasteiger partial charge on any atom is 0.245 e. The van der Waals surface area contributed by atoms with Gasteiger partial charge in [-0.3, -0.25) is 62.3 Å². The number of carbonyl (C=O) groups excluding carboxylic acids is 13. The van der Waals surface area contributed by atoms with Gasteiger partial charge in [0, 0.05) is 64.3 Å². The van der Waals surface area contributed by atoms with Crippen molar-refractivity contribution < 1.29 is 62.3 Å². The number of amides is 13. The van der Waals surface area contributed by atoms with E-state index in [0.29, 0.717) is 142 Å². The summed E-state index contributed by atoms with van der Waals surface area (Å²) >= 11 is 0. The van der Waals surface area contributed by atoms with Crippen LogP contribution < -0.4 is 101 Å². The van der Waals surface area contributed by atoms with Gasteiger partial charge in [-0.25, -0.2) is 0 Å². The van der Waals surface area contributed by atoms with Gasteiger partial charge in [0.1, 0.15) is 54.4 Å². The molecule has 0 aliphatic carbocycles. The van der Waals surface area contributed by atoms with Crippen molar-refractivity contribution >= 4 is 76.8 Å². The maximum atomic E-state index is 14.8. The lowest BCUT2D eigenvalue weighted by Gasteiger charge is -2.31. The highest BCUT2D eigenvalue weighted by Gasteiger charge is 2.39. The number of hydrogen-bond donors (Lipinski definition) is 19. The molecular weight excluding hydrogens is 1480 g/mol. The van der Waals surface area contributed by atoms with Crippen LogP contribution in [0.5, 0.6) is 0 Å². The highest BCUT2D eigenvalue weighted by atomic mass is 16.2. The molecule has 0 spiro atoms. The van der Waals surface area contributed by atoms with E-state index < -0.39 is 108 Å². The summed E-state index contributed by atoms with van der Waals surface area (Å²) in [5.41, 5.74) is 5.35. The lowest BCUT2D eigenvalue weighted by Crippen LogP contribution is -2.58. The van der Waals surface area contributed by atoms with Crippen LogP contribution in [0, 0.1) is 0 Å². The summed E-state index contributed by atoms with van der Waals surface area (Å²) in [4.78, 5) is 184. The minimum absolute atomic E-state index is 0.0251. The fraction of sp³-hybridized carbons (Fsp3) is 0.838. The van der Waals surface area contributed by atoms with E-state index in [1.165, 1.54) is 20.8 Å². The minimum Gasteiger partial charge on any atom is -0.369 e. The average Bonchev–Trinajstić information content (AvgIpc) is 1.77. The molecule has 35 heteroatoms. The SMILES string of the molecule is CCNCCCCC(NC(C)=O)C(=O)NC(C)C(=O)NC(CCCCNCC)C(=O)N1CCCC1CNCC(=O)NC(CCCCNCC)C(=O)NC(C)C(=O)NC(CCCCNCC)C(=O)N1CCCC1CNCC(=O)NC(CCCCNCC)C(=O)NC(C)C(=O)NC(CCCCNCC)C(=O)N1CCCC1CNCC(N)=O. The Morgan fingerprint density at radius 2 is 0.548 bits per heavy atom. The third kappa shape index (κ3) is 42.1. The smallest absolute Gasteiger partial charge is 0.245 e. The molecule has 0 radical (unpaired) electrons. The summed E-state index contributed by atoms with van der Waals surface area (Å²) < 4.78 is 0. The summed E-state index contributed by atoms with van der Waals surface area (Å²) in [6.07, 6.45) is 14.2. The molecular formula is C80H152N22O13. The molecule has 0 aromatic carbocycles. The number of primary amides is 1. The number of nitrogens with zero attached hydrogens (tertiary/aromatic N) is 3. The Labute approximate surface area is 685 Å². The molecule has 0 aromatic heterocycles. The van der Waals surface area contributed by atoms with Gasteiger partial charge in [0.25, 0.3) is 0 Å². The summed E-state index contributed by atoms with van der Waals surface area (Å²) in [5.74, 6) is -5.97. The lowest BCUT2D eigenvalue weighted by atomic mass is 10.1. The van der Waals surface area contributed by atoms with Crippen molar-refractivity contribution in [3.05, 3.63) is 0 Å². The van der Waals surface area contributed by atoms with Crippen LogP contribution in [0.4, 0.5) is 0 Å². The van der Waals surface area contributed by atoms with Gasteiger partial charge in [-0.05, 0) is 253 Å². The number of likely N-dealkylation sites (tertiary alicyclic amines) is 3. The predicted molar refractivity (Wildman–Crippen MR) is 446 cm³/mol. The molecule has 0 bridgehead atoms. The molecule has 12 unspecified atom stereocenters. The second-order valence-electron chi connectivity index (χ2n) is 30.8. The molecule has 13 amide bonds. The molecule has 0 aromatic rings. The Morgan fingerprint density at radius 3 is 0.791 bits per heavy atom. The van der Waals surface area contributed by atoms with E-state index in [-0.39, 0.29) is 87.3 Å². The molecule has 3 heterocycles. The predicted octanol–water partition coefficient (Wildman–Crippen LogP) is -1.66. The van der Waals surface area contributed by atoms with E-state index in [0.717, 1.165) is 104 Å². The number of nitrogens with one attached hydrogen (secondary N) is 18. The van der Waals surface area contributed by atoms with Gasteiger partial charge >= 0.3 is 0 Å². The van der Waals surface area contributed by atoms with Crippen LogP contribution in [-0.4, -0.2) is 301 Å². The molecule has 3 aliphatic heterocycles. The second-order valence-corrected chi connectivity index (χ2v) is 30.8. The Morgan fingerprint density at radius 1 is 0.304 bits per heavy atom. The molecule has 3 rings (SSSR count). The van der Waals surface area contributed by atoms with Crippen molar-refractivity contribution in [3.8, 4) is 0 Å². The van der Waals surface area contributed by atoms with E-state index in [9.17, 15) is 62.3 Å². The summed E-state index contributed by atoms with van der Waals surface area (Å²) in [5, 5.41) is 54.7. The zero-order valence-electron chi connectivity index (χ0n) is 71.5. The molecule has 20 N–H and O–H groups in total. The van der Waals surface area contributed by atoms with E-state index in [1.54, 1.807) is 21.6 Å². The van der Waals surface area contributed by atoms with Gasteiger partial charge in [0.15, 0.2) is 0 Å². The fourth-order valence-corrected chi connectivity index (χ4v) is 14.7. The summed E-state index contributed by atoms with van der Waals surface area (Å²) in [6, 6.07) is -9.67. The Kier molecular flexibility index (Phi) is 54.2. The normalized spacial score (nSPS) is 17.7. The van der Waals surface area contributed by atoms with Crippen LogP contribution >= 0.6 is 0 Å². The van der Waals surface area contributed by atoms with Crippen molar-refractivity contribution in [2.45, 2.75) is 296 Å².